The molecule has 1 fully saturated rings. The lowest BCUT2D eigenvalue weighted by Crippen LogP contribution is -2.52. The molecule has 1 aliphatic carbocycles. The number of nitriles is 3. The molecule has 3 rings (SSSR count). The zero-order chi connectivity index (χ0) is 19.8. The van der Waals surface area contributed by atoms with Gasteiger partial charge in [0.15, 0.2) is 5.41 Å². The van der Waals surface area contributed by atoms with Crippen LogP contribution in [0.2, 0.25) is 0 Å². The molecule has 0 bridgehead atoms. The van der Waals surface area contributed by atoms with Crippen molar-refractivity contribution in [3.8, 4) is 24.0 Å². The Hall–Kier alpha value is -3.21. The molecule has 0 radical (unpaired) electrons. The molecule has 1 unspecified atom stereocenters. The monoisotopic (exact) mass is 363 g/mol. The van der Waals surface area contributed by atoms with Crippen molar-refractivity contribution in [2.24, 2.45) is 17.3 Å². The summed E-state index contributed by atoms with van der Waals surface area (Å²) < 4.78 is 20.0. The molecule has 1 aromatic carbocycles. The lowest BCUT2D eigenvalue weighted by atomic mass is 9.54. The molecule has 2 aliphatic rings. The highest BCUT2D eigenvalue weighted by Crippen LogP contribution is 2.54. The summed E-state index contributed by atoms with van der Waals surface area (Å²) in [5, 5.41) is 38.0. The summed E-state index contributed by atoms with van der Waals surface area (Å²) in [4.78, 5) is 1.99. The van der Waals surface area contributed by atoms with Crippen molar-refractivity contribution >= 4 is 5.71 Å². The van der Waals surface area contributed by atoms with E-state index in [0.29, 0.717) is 24.4 Å². The summed E-state index contributed by atoms with van der Waals surface area (Å²) in [5.74, 6) is -2.45. The number of benzene rings is 1. The number of hydrogen-bond donors (Lipinski definition) is 1. The van der Waals surface area contributed by atoms with Crippen LogP contribution in [0.15, 0.2) is 29.8 Å². The van der Waals surface area contributed by atoms with Crippen LogP contribution in [0.25, 0.3) is 0 Å². The van der Waals surface area contributed by atoms with Crippen molar-refractivity contribution in [2.45, 2.75) is 5.92 Å². The van der Waals surface area contributed by atoms with E-state index in [0.717, 1.165) is 0 Å². The number of ether oxygens (including phenoxy) is 1. The van der Waals surface area contributed by atoms with Gasteiger partial charge in [-0.05, 0) is 36.4 Å². The summed E-state index contributed by atoms with van der Waals surface area (Å²) in [6.07, 6.45) is 1.86. The van der Waals surface area contributed by atoms with Crippen molar-refractivity contribution in [1.29, 1.82) is 21.2 Å². The summed E-state index contributed by atoms with van der Waals surface area (Å²) in [5.41, 5.74) is -1.36. The zero-order valence-electron chi connectivity index (χ0n) is 15.0. The van der Waals surface area contributed by atoms with E-state index in [1.54, 1.807) is 0 Å². The minimum atomic E-state index is -1.92. The molecule has 0 spiro atoms. The Morgan fingerprint density at radius 3 is 2.59 bits per heavy atom. The summed E-state index contributed by atoms with van der Waals surface area (Å²) in [7, 11) is 3.33. The van der Waals surface area contributed by atoms with Crippen molar-refractivity contribution in [3.05, 3.63) is 41.2 Å². The topological polar surface area (TPSA) is 108 Å². The molecule has 1 N–H and O–H groups in total. The molecule has 7 heteroatoms. The Morgan fingerprint density at radius 2 is 2.00 bits per heavy atom. The van der Waals surface area contributed by atoms with Crippen LogP contribution in [0.4, 0.5) is 4.39 Å². The molecule has 1 saturated carbocycles. The van der Waals surface area contributed by atoms with Crippen molar-refractivity contribution < 1.29 is 9.13 Å². The second kappa shape index (κ2) is 6.83. The van der Waals surface area contributed by atoms with E-state index in [1.807, 2.05) is 30.2 Å². The summed E-state index contributed by atoms with van der Waals surface area (Å²) >= 11 is 0. The Morgan fingerprint density at radius 1 is 1.30 bits per heavy atom. The molecule has 27 heavy (non-hydrogen) atoms. The molecular weight excluding hydrogens is 345 g/mol. The quantitative estimate of drug-likeness (QED) is 0.813. The normalized spacial score (nSPS) is 26.7. The highest BCUT2D eigenvalue weighted by Gasteiger charge is 2.58. The number of rotatable bonds is 2. The van der Waals surface area contributed by atoms with Gasteiger partial charge in [0, 0.05) is 24.9 Å². The number of fused-ring (bicyclic) bond motifs is 1. The molecule has 0 amide bonds. The lowest BCUT2D eigenvalue weighted by molar-refractivity contribution is 0.232. The number of nitrogens with zero attached hydrogens (tertiary/aromatic N) is 4. The van der Waals surface area contributed by atoms with Crippen LogP contribution in [0, 0.1) is 62.5 Å². The molecule has 1 aromatic rings. The van der Waals surface area contributed by atoms with Crippen molar-refractivity contribution in [1.82, 2.24) is 4.90 Å². The molecule has 3 atom stereocenters. The molecule has 0 aromatic heterocycles. The largest absolute Gasteiger partial charge is 0.497 e. The van der Waals surface area contributed by atoms with Gasteiger partial charge in [0.2, 0.25) is 0 Å². The van der Waals surface area contributed by atoms with E-state index < -0.39 is 29.0 Å². The molecule has 1 heterocycles. The first kappa shape index (κ1) is 18.6. The van der Waals surface area contributed by atoms with Crippen LogP contribution in [0.3, 0.4) is 0 Å². The number of methoxy groups -OCH3 is 1. The SMILES string of the molecule is COc1ccc(F)c([C@@H]2[C@H]3CN(C)CC=C3C(C#N)C(=N)C2(C#N)C#N)c1. The molecule has 1 aliphatic heterocycles. The van der Waals surface area contributed by atoms with Crippen LogP contribution in [-0.2, 0) is 0 Å². The third-order valence-electron chi connectivity index (χ3n) is 5.51. The van der Waals surface area contributed by atoms with E-state index in [-0.39, 0.29) is 11.3 Å². The lowest BCUT2D eigenvalue weighted by Gasteiger charge is -2.47. The zero-order valence-corrected chi connectivity index (χ0v) is 15.0. The van der Waals surface area contributed by atoms with Gasteiger partial charge in [-0.3, -0.25) is 0 Å². The number of hydrogen-bond acceptors (Lipinski definition) is 6. The maximum atomic E-state index is 14.8. The fraction of sp³-hybridized carbons (Fsp3) is 0.400. The summed E-state index contributed by atoms with van der Waals surface area (Å²) in [6, 6.07) is 10.2. The van der Waals surface area contributed by atoms with Crippen LogP contribution in [0.1, 0.15) is 11.5 Å². The second-order valence-corrected chi connectivity index (χ2v) is 6.90. The molecular formula is C20H18FN5O. The minimum absolute atomic E-state index is 0.157. The fourth-order valence-electron chi connectivity index (χ4n) is 4.18. The standard InChI is InChI=1S/C20H18FN5O/c1-26-6-5-13-15(8-22)19(25)20(10-23,11-24)18(16(13)9-26)14-7-12(27-2)3-4-17(14)21/h3-5,7,15-16,18,25H,6,9H2,1-2H3/t15?,16-,18+/m0/s1. The van der Waals surface area contributed by atoms with Gasteiger partial charge in [-0.25, -0.2) is 4.39 Å². The smallest absolute Gasteiger partial charge is 0.189 e. The van der Waals surface area contributed by atoms with Crippen molar-refractivity contribution in [3.63, 3.8) is 0 Å². The predicted octanol–water partition coefficient (Wildman–Crippen LogP) is 2.61. The average Bonchev–Trinajstić information content (AvgIpc) is 2.68. The predicted molar refractivity (Wildman–Crippen MR) is 95.3 cm³/mol. The van der Waals surface area contributed by atoms with E-state index >= 15 is 0 Å². The highest BCUT2D eigenvalue weighted by atomic mass is 19.1. The maximum absolute atomic E-state index is 14.8. The van der Waals surface area contributed by atoms with Crippen LogP contribution in [-0.4, -0.2) is 37.9 Å². The third kappa shape index (κ3) is 2.67. The first-order chi connectivity index (χ1) is 12.9. The van der Waals surface area contributed by atoms with E-state index in [1.165, 1.54) is 25.3 Å². The minimum Gasteiger partial charge on any atom is -0.497 e. The number of likely N-dealkylation sites (N-methyl/N-ethyl adjacent to an activating group) is 1. The van der Waals surface area contributed by atoms with E-state index in [9.17, 15) is 20.2 Å². The molecule has 136 valence electrons. The first-order valence-corrected chi connectivity index (χ1v) is 8.46. The van der Waals surface area contributed by atoms with Gasteiger partial charge in [-0.1, -0.05) is 6.08 Å². The highest BCUT2D eigenvalue weighted by molar-refractivity contribution is 6.00. The Bertz CT molecular complexity index is 935. The maximum Gasteiger partial charge on any atom is 0.189 e. The van der Waals surface area contributed by atoms with Crippen LogP contribution >= 0.6 is 0 Å². The summed E-state index contributed by atoms with van der Waals surface area (Å²) in [6.45, 7) is 1.06. The van der Waals surface area contributed by atoms with Gasteiger partial charge >= 0.3 is 0 Å². The first-order valence-electron chi connectivity index (χ1n) is 8.46. The molecule has 0 saturated heterocycles. The van der Waals surface area contributed by atoms with Crippen molar-refractivity contribution in [2.75, 3.05) is 27.2 Å². The van der Waals surface area contributed by atoms with Crippen LogP contribution in [0.5, 0.6) is 5.75 Å². The van der Waals surface area contributed by atoms with E-state index in [2.05, 4.69) is 6.07 Å². The fourth-order valence-corrected chi connectivity index (χ4v) is 4.18. The van der Waals surface area contributed by atoms with Gasteiger partial charge in [0.1, 0.15) is 17.5 Å². The van der Waals surface area contributed by atoms with Gasteiger partial charge in [-0.2, -0.15) is 15.8 Å². The van der Waals surface area contributed by atoms with Gasteiger partial charge in [0.05, 0.1) is 31.0 Å². The van der Waals surface area contributed by atoms with Gasteiger partial charge in [-0.15, -0.1) is 0 Å². The number of halogens is 1. The Labute approximate surface area is 157 Å². The van der Waals surface area contributed by atoms with E-state index in [4.69, 9.17) is 10.1 Å². The molecule has 6 nitrogen and oxygen atoms in total. The van der Waals surface area contributed by atoms with Crippen LogP contribution < -0.4 is 4.74 Å². The van der Waals surface area contributed by atoms with Gasteiger partial charge in [0.25, 0.3) is 0 Å². The third-order valence-corrected chi connectivity index (χ3v) is 5.51. The number of nitrogens with one attached hydrogen (secondary N) is 1. The van der Waals surface area contributed by atoms with Gasteiger partial charge < -0.3 is 15.0 Å². The second-order valence-electron chi connectivity index (χ2n) is 6.90. The average molecular weight is 363 g/mol. The Balaban J connectivity index is 2.31. The Kier molecular flexibility index (Phi) is 4.70.